The Labute approximate surface area is 122 Å². The van der Waals surface area contributed by atoms with E-state index in [2.05, 4.69) is 12.2 Å². The lowest BCUT2D eigenvalue weighted by molar-refractivity contribution is 0.0265. The van der Waals surface area contributed by atoms with Gasteiger partial charge in [0.15, 0.2) is 0 Å². The molecule has 0 saturated heterocycles. The zero-order chi connectivity index (χ0) is 13.7. The maximum absolute atomic E-state index is 10.6. The molecule has 8 unspecified atom stereocenters. The van der Waals surface area contributed by atoms with Crippen molar-refractivity contribution in [2.75, 3.05) is 13.7 Å². The molecular formula is C18H28O2. The Kier molecular flexibility index (Phi) is 3.42. The minimum atomic E-state index is -0.0501. The first kappa shape index (κ1) is 13.3. The van der Waals surface area contributed by atoms with Crippen LogP contribution < -0.4 is 0 Å². The summed E-state index contributed by atoms with van der Waals surface area (Å²) in [5.41, 5.74) is 0. The normalized spacial score (nSPS) is 49.0. The molecular weight excluding hydrogens is 248 g/mol. The van der Waals surface area contributed by atoms with Gasteiger partial charge in [0.05, 0.1) is 6.10 Å². The van der Waals surface area contributed by atoms with E-state index in [1.54, 1.807) is 7.11 Å². The number of aliphatic hydroxyl groups is 1. The van der Waals surface area contributed by atoms with Gasteiger partial charge in [-0.05, 0) is 80.0 Å². The van der Waals surface area contributed by atoms with E-state index < -0.39 is 0 Å². The third-order valence-electron chi connectivity index (χ3n) is 6.91. The molecule has 4 aliphatic carbocycles. The molecule has 4 aliphatic rings. The summed E-state index contributed by atoms with van der Waals surface area (Å²) in [6.45, 7) is 0.836. The number of methoxy groups -OCH3 is 1. The van der Waals surface area contributed by atoms with Crippen molar-refractivity contribution in [3.05, 3.63) is 12.2 Å². The first-order chi connectivity index (χ1) is 9.79. The SMILES string of the molecule is COCCCCC(O)C1CC2CC1C1C3C=CC(C3)C21. The summed E-state index contributed by atoms with van der Waals surface area (Å²) in [5.74, 6) is 6.07. The second kappa shape index (κ2) is 5.14. The summed E-state index contributed by atoms with van der Waals surface area (Å²) < 4.78 is 5.10. The van der Waals surface area contributed by atoms with Crippen molar-refractivity contribution in [3.63, 3.8) is 0 Å². The zero-order valence-electron chi connectivity index (χ0n) is 12.6. The van der Waals surface area contributed by atoms with E-state index in [-0.39, 0.29) is 6.10 Å². The van der Waals surface area contributed by atoms with Crippen molar-refractivity contribution in [3.8, 4) is 0 Å². The van der Waals surface area contributed by atoms with E-state index in [4.69, 9.17) is 4.74 Å². The quantitative estimate of drug-likeness (QED) is 0.458. The summed E-state index contributed by atoms with van der Waals surface area (Å²) in [5, 5.41) is 10.6. The minimum Gasteiger partial charge on any atom is -0.393 e. The average molecular weight is 276 g/mol. The van der Waals surface area contributed by atoms with Crippen molar-refractivity contribution in [1.82, 2.24) is 0 Å². The van der Waals surface area contributed by atoms with Crippen LogP contribution in [-0.4, -0.2) is 24.9 Å². The molecule has 3 fully saturated rings. The van der Waals surface area contributed by atoms with Crippen LogP contribution in [0.25, 0.3) is 0 Å². The monoisotopic (exact) mass is 276 g/mol. The van der Waals surface area contributed by atoms with Gasteiger partial charge in [-0.15, -0.1) is 0 Å². The van der Waals surface area contributed by atoms with E-state index in [0.29, 0.717) is 5.92 Å². The number of rotatable bonds is 6. The fraction of sp³-hybridized carbons (Fsp3) is 0.889. The average Bonchev–Trinajstić information content (AvgIpc) is 3.20. The van der Waals surface area contributed by atoms with Gasteiger partial charge in [0.25, 0.3) is 0 Å². The highest BCUT2D eigenvalue weighted by Gasteiger charge is 2.61. The first-order valence-corrected chi connectivity index (χ1v) is 8.65. The molecule has 0 amide bonds. The highest BCUT2D eigenvalue weighted by atomic mass is 16.5. The van der Waals surface area contributed by atoms with Crippen LogP contribution in [0.2, 0.25) is 0 Å². The Morgan fingerprint density at radius 3 is 2.70 bits per heavy atom. The standard InChI is InChI=1S/C18H28O2/c1-20-7-3-2-4-16(19)14-9-13-10-15(14)18-12-6-5-11(8-12)17(13)18/h5-6,11-19H,2-4,7-10H2,1H3. The fourth-order valence-electron chi connectivity index (χ4n) is 6.32. The van der Waals surface area contributed by atoms with Gasteiger partial charge in [-0.1, -0.05) is 12.2 Å². The van der Waals surface area contributed by atoms with Crippen LogP contribution in [0.3, 0.4) is 0 Å². The van der Waals surface area contributed by atoms with Crippen LogP contribution in [0.1, 0.15) is 38.5 Å². The number of hydrogen-bond acceptors (Lipinski definition) is 2. The Morgan fingerprint density at radius 1 is 1.10 bits per heavy atom. The highest BCUT2D eigenvalue weighted by molar-refractivity contribution is 5.20. The van der Waals surface area contributed by atoms with Crippen molar-refractivity contribution in [2.24, 2.45) is 41.4 Å². The van der Waals surface area contributed by atoms with Gasteiger partial charge >= 0.3 is 0 Å². The predicted molar refractivity (Wildman–Crippen MR) is 79.2 cm³/mol. The Bertz CT molecular complexity index is 391. The van der Waals surface area contributed by atoms with E-state index >= 15 is 0 Å². The van der Waals surface area contributed by atoms with Crippen molar-refractivity contribution < 1.29 is 9.84 Å². The van der Waals surface area contributed by atoms with Gasteiger partial charge in [0.1, 0.15) is 0 Å². The molecule has 4 bridgehead atoms. The highest BCUT2D eigenvalue weighted by Crippen LogP contribution is 2.67. The Morgan fingerprint density at radius 2 is 1.90 bits per heavy atom. The third kappa shape index (κ3) is 1.91. The van der Waals surface area contributed by atoms with Crippen molar-refractivity contribution >= 4 is 0 Å². The molecule has 1 N–H and O–H groups in total. The van der Waals surface area contributed by atoms with Gasteiger partial charge in [0.2, 0.25) is 0 Å². The summed E-state index contributed by atoms with van der Waals surface area (Å²) >= 11 is 0. The minimum absolute atomic E-state index is 0.0501. The van der Waals surface area contributed by atoms with Crippen LogP contribution in [0.15, 0.2) is 12.2 Å². The van der Waals surface area contributed by atoms with Gasteiger partial charge in [-0.3, -0.25) is 0 Å². The lowest BCUT2D eigenvalue weighted by Gasteiger charge is -2.38. The molecule has 0 aromatic carbocycles. The summed E-state index contributed by atoms with van der Waals surface area (Å²) in [7, 11) is 1.76. The van der Waals surface area contributed by atoms with Crippen molar-refractivity contribution in [2.45, 2.75) is 44.6 Å². The molecule has 0 aromatic heterocycles. The van der Waals surface area contributed by atoms with Gasteiger partial charge in [0, 0.05) is 13.7 Å². The lowest BCUT2D eigenvalue weighted by Crippen LogP contribution is -2.36. The maximum atomic E-state index is 10.6. The van der Waals surface area contributed by atoms with Gasteiger partial charge < -0.3 is 9.84 Å². The van der Waals surface area contributed by atoms with E-state index in [1.807, 2.05) is 0 Å². The molecule has 0 spiro atoms. The molecule has 2 heteroatoms. The van der Waals surface area contributed by atoms with E-state index in [0.717, 1.165) is 61.4 Å². The second-order valence-electron chi connectivity index (χ2n) is 7.72. The second-order valence-corrected chi connectivity index (χ2v) is 7.72. The van der Waals surface area contributed by atoms with Crippen LogP contribution in [0, 0.1) is 41.4 Å². The molecule has 112 valence electrons. The topological polar surface area (TPSA) is 29.5 Å². The predicted octanol–water partition coefficient (Wildman–Crippen LogP) is 3.26. The van der Waals surface area contributed by atoms with Crippen LogP contribution in [0.4, 0.5) is 0 Å². The summed E-state index contributed by atoms with van der Waals surface area (Å²) in [6, 6.07) is 0. The summed E-state index contributed by atoms with van der Waals surface area (Å²) in [4.78, 5) is 0. The number of hydrogen-bond donors (Lipinski definition) is 1. The molecule has 8 atom stereocenters. The van der Waals surface area contributed by atoms with E-state index in [1.165, 1.54) is 19.3 Å². The van der Waals surface area contributed by atoms with Crippen LogP contribution in [0.5, 0.6) is 0 Å². The fourth-order valence-corrected chi connectivity index (χ4v) is 6.32. The number of unbranched alkanes of at least 4 members (excludes halogenated alkanes) is 1. The van der Waals surface area contributed by atoms with Gasteiger partial charge in [-0.25, -0.2) is 0 Å². The van der Waals surface area contributed by atoms with Gasteiger partial charge in [-0.2, -0.15) is 0 Å². The zero-order valence-corrected chi connectivity index (χ0v) is 12.6. The number of ether oxygens (including phenoxy) is 1. The molecule has 2 nitrogen and oxygen atoms in total. The molecule has 0 aromatic rings. The first-order valence-electron chi connectivity index (χ1n) is 8.65. The molecule has 0 radical (unpaired) electrons. The Balaban J connectivity index is 1.37. The van der Waals surface area contributed by atoms with Crippen LogP contribution in [-0.2, 0) is 4.74 Å². The lowest BCUT2D eigenvalue weighted by atomic mass is 9.67. The van der Waals surface area contributed by atoms with Crippen molar-refractivity contribution in [1.29, 1.82) is 0 Å². The Hall–Kier alpha value is -0.340. The molecule has 3 saturated carbocycles. The number of fused-ring (bicyclic) bond motifs is 9. The molecule has 20 heavy (non-hydrogen) atoms. The number of aliphatic hydroxyl groups excluding tert-OH is 1. The smallest absolute Gasteiger partial charge is 0.0571 e. The van der Waals surface area contributed by atoms with Crippen LogP contribution >= 0.6 is 0 Å². The number of allylic oxidation sites excluding steroid dienone is 2. The largest absolute Gasteiger partial charge is 0.393 e. The molecule has 4 rings (SSSR count). The molecule has 0 heterocycles. The van der Waals surface area contributed by atoms with E-state index in [9.17, 15) is 5.11 Å². The summed E-state index contributed by atoms with van der Waals surface area (Å²) in [6.07, 6.45) is 12.3. The molecule has 0 aliphatic heterocycles. The maximum Gasteiger partial charge on any atom is 0.0571 e. The third-order valence-corrected chi connectivity index (χ3v) is 6.91.